The lowest BCUT2D eigenvalue weighted by Gasteiger charge is -2.44. The third kappa shape index (κ3) is 4.46. The van der Waals surface area contributed by atoms with Crippen molar-refractivity contribution in [1.82, 2.24) is 10.2 Å². The Morgan fingerprint density at radius 1 is 1.14 bits per heavy atom. The summed E-state index contributed by atoms with van der Waals surface area (Å²) in [4.78, 5) is 15.3. The molecule has 0 spiro atoms. The second-order valence-corrected chi connectivity index (χ2v) is 10.9. The minimum Gasteiger partial charge on any atom is -0.496 e. The number of alkyl carbamates (subject to hydrolysis) is 1. The van der Waals surface area contributed by atoms with E-state index < -0.39 is 17.6 Å². The van der Waals surface area contributed by atoms with Crippen LogP contribution in [0.3, 0.4) is 0 Å². The van der Waals surface area contributed by atoms with Gasteiger partial charge in [-0.1, -0.05) is 13.8 Å². The molecule has 35 heavy (non-hydrogen) atoms. The van der Waals surface area contributed by atoms with Crippen LogP contribution >= 0.6 is 0 Å². The molecule has 7 heteroatoms. The van der Waals surface area contributed by atoms with E-state index >= 15 is 4.39 Å². The van der Waals surface area contributed by atoms with Gasteiger partial charge >= 0.3 is 6.09 Å². The molecular weight excluding hydrogens is 447 g/mol. The van der Waals surface area contributed by atoms with Gasteiger partial charge < -0.3 is 19.5 Å². The molecule has 4 aliphatic heterocycles. The van der Waals surface area contributed by atoms with Gasteiger partial charge in [0.1, 0.15) is 23.4 Å². The number of carbonyl (C=O) groups is 1. The van der Waals surface area contributed by atoms with E-state index in [-0.39, 0.29) is 11.9 Å². The minimum absolute atomic E-state index is 0.0828. The molecule has 2 unspecified atom stereocenters. The molecule has 1 N–H and O–H groups in total. The van der Waals surface area contributed by atoms with E-state index in [0.717, 1.165) is 54.9 Å². The molecule has 2 atom stereocenters. The number of hydrogen-bond donors (Lipinski definition) is 1. The summed E-state index contributed by atoms with van der Waals surface area (Å²) in [5, 5.41) is 3.05. The van der Waals surface area contributed by atoms with E-state index in [1.807, 2.05) is 39.8 Å². The zero-order chi connectivity index (χ0) is 24.9. The Morgan fingerprint density at radius 2 is 1.83 bits per heavy atom. The summed E-state index contributed by atoms with van der Waals surface area (Å²) in [5.74, 6) is 1.46. The fourth-order valence-electron chi connectivity index (χ4n) is 5.94. The third-order valence-electron chi connectivity index (χ3n) is 7.88. The van der Waals surface area contributed by atoms with Gasteiger partial charge in [-0.3, -0.25) is 4.90 Å². The Bertz CT molecular complexity index is 1120. The van der Waals surface area contributed by atoms with Gasteiger partial charge in [0.25, 0.3) is 0 Å². The number of hydrogen-bond acceptors (Lipinski definition) is 5. The molecule has 3 fully saturated rings. The van der Waals surface area contributed by atoms with Gasteiger partial charge in [-0.15, -0.1) is 0 Å². The maximum absolute atomic E-state index is 15.5. The van der Waals surface area contributed by atoms with Gasteiger partial charge in [-0.2, -0.15) is 0 Å². The molecule has 0 aliphatic carbocycles. The van der Waals surface area contributed by atoms with E-state index in [2.05, 4.69) is 10.2 Å². The first-order valence-corrected chi connectivity index (χ1v) is 12.5. The summed E-state index contributed by atoms with van der Waals surface area (Å²) in [6, 6.07) is 6.66. The minimum atomic E-state index is -0.444. The summed E-state index contributed by atoms with van der Waals surface area (Å²) in [7, 11) is 1.64. The molecular formula is C28H35FN2O4. The van der Waals surface area contributed by atoms with Crippen LogP contribution < -0.4 is 14.8 Å². The molecule has 2 bridgehead atoms. The average Bonchev–Trinajstić information content (AvgIpc) is 2.81. The molecule has 0 radical (unpaired) electrons. The van der Waals surface area contributed by atoms with Crippen molar-refractivity contribution in [3.63, 3.8) is 0 Å². The number of methoxy groups -OCH3 is 1. The molecule has 4 heterocycles. The Balaban J connectivity index is 1.41. The van der Waals surface area contributed by atoms with Gasteiger partial charge in [0, 0.05) is 23.1 Å². The zero-order valence-corrected chi connectivity index (χ0v) is 21.2. The Labute approximate surface area is 206 Å². The summed E-state index contributed by atoms with van der Waals surface area (Å²) < 4.78 is 32.9. The summed E-state index contributed by atoms with van der Waals surface area (Å²) in [5.41, 5.74) is 3.32. The molecule has 6 rings (SSSR count). The van der Waals surface area contributed by atoms with Crippen LogP contribution in [0.15, 0.2) is 24.3 Å². The lowest BCUT2D eigenvalue weighted by atomic mass is 9.78. The second kappa shape index (κ2) is 9.01. The highest BCUT2D eigenvalue weighted by Gasteiger charge is 2.41. The highest BCUT2D eigenvalue weighted by molar-refractivity contribution is 5.72. The zero-order valence-electron chi connectivity index (χ0n) is 21.2. The van der Waals surface area contributed by atoms with E-state index in [1.165, 1.54) is 6.07 Å². The smallest absolute Gasteiger partial charge is 0.407 e. The number of fused-ring (bicyclic) bond motifs is 4. The topological polar surface area (TPSA) is 60.0 Å². The fourth-order valence-corrected chi connectivity index (χ4v) is 5.94. The Morgan fingerprint density at radius 3 is 2.43 bits per heavy atom. The number of carbonyl (C=O) groups excluding carboxylic acids is 1. The van der Waals surface area contributed by atoms with Crippen LogP contribution in [-0.2, 0) is 4.74 Å². The predicted molar refractivity (Wildman–Crippen MR) is 132 cm³/mol. The lowest BCUT2D eigenvalue weighted by molar-refractivity contribution is -0.0361. The quantitative estimate of drug-likeness (QED) is 0.633. The molecule has 0 aromatic heterocycles. The second-order valence-electron chi connectivity index (χ2n) is 10.9. The van der Waals surface area contributed by atoms with Crippen LogP contribution in [0.25, 0.3) is 11.1 Å². The number of aryl methyl sites for hydroxylation is 2. The van der Waals surface area contributed by atoms with Crippen molar-refractivity contribution in [3.8, 4) is 22.6 Å². The molecule has 0 saturated carbocycles. The molecule has 4 aliphatic rings. The van der Waals surface area contributed by atoms with Gasteiger partial charge in [0.15, 0.2) is 0 Å². The number of amides is 1. The molecule has 2 aromatic carbocycles. The summed E-state index contributed by atoms with van der Waals surface area (Å²) >= 11 is 0. The van der Waals surface area contributed by atoms with Gasteiger partial charge in [-0.05, 0) is 86.7 Å². The molecule has 1 amide bonds. The number of rotatable bonds is 4. The van der Waals surface area contributed by atoms with Gasteiger partial charge in [-0.25, -0.2) is 9.18 Å². The Hall–Kier alpha value is -2.80. The molecule has 188 valence electrons. The number of nitrogens with one attached hydrogen (secondary N) is 1. The maximum atomic E-state index is 15.5. The van der Waals surface area contributed by atoms with Crippen LogP contribution in [0.2, 0.25) is 0 Å². The van der Waals surface area contributed by atoms with Crippen LogP contribution in [0.4, 0.5) is 9.18 Å². The van der Waals surface area contributed by atoms with E-state index in [0.29, 0.717) is 29.4 Å². The van der Waals surface area contributed by atoms with Crippen molar-refractivity contribution in [2.24, 2.45) is 11.3 Å². The number of ether oxygens (including phenoxy) is 3. The van der Waals surface area contributed by atoms with Crippen molar-refractivity contribution in [3.05, 3.63) is 46.8 Å². The van der Waals surface area contributed by atoms with Crippen molar-refractivity contribution < 1.29 is 23.4 Å². The van der Waals surface area contributed by atoms with Crippen molar-refractivity contribution in [1.29, 1.82) is 0 Å². The molecule has 6 nitrogen and oxygen atoms in total. The number of nitrogens with zero attached hydrogens (tertiary/aromatic N) is 1. The van der Waals surface area contributed by atoms with Crippen LogP contribution in [-0.4, -0.2) is 50.4 Å². The summed E-state index contributed by atoms with van der Waals surface area (Å²) in [6.45, 7) is 11.3. The van der Waals surface area contributed by atoms with Crippen LogP contribution in [0.1, 0.15) is 49.4 Å². The first-order valence-electron chi connectivity index (χ1n) is 12.5. The fraction of sp³-hybridized carbons (Fsp3) is 0.536. The van der Waals surface area contributed by atoms with E-state index in [4.69, 9.17) is 14.2 Å². The SMILES string of the molecule is COc1c(C)cc(-c2cc3c(cc2F)C(NC(=O)OC2CN4CCC2CC4)C(C)(C)CO3)cc1C. The number of benzene rings is 2. The number of halogens is 1. The third-order valence-corrected chi connectivity index (χ3v) is 7.88. The highest BCUT2D eigenvalue weighted by Crippen LogP contribution is 2.45. The highest BCUT2D eigenvalue weighted by atomic mass is 19.1. The van der Waals surface area contributed by atoms with Crippen molar-refractivity contribution in [2.75, 3.05) is 33.4 Å². The monoisotopic (exact) mass is 482 g/mol. The lowest BCUT2D eigenvalue weighted by Crippen LogP contribution is -2.53. The first-order chi connectivity index (χ1) is 16.7. The van der Waals surface area contributed by atoms with Crippen molar-refractivity contribution in [2.45, 2.75) is 52.7 Å². The molecule has 2 aromatic rings. The standard InChI is InChI=1S/C28H35FN2O4/c1-16-10-19(11-17(2)25(16)33-5)20-13-23-21(12-22(20)29)26(28(3,4)15-34-23)30-27(32)35-24-14-31-8-6-18(24)7-9-31/h10-13,18,24,26H,6-9,14-15H2,1-5H3,(H,30,32). The normalized spacial score (nSPS) is 26.5. The van der Waals surface area contributed by atoms with E-state index in [1.54, 1.807) is 13.2 Å². The average molecular weight is 483 g/mol. The van der Waals surface area contributed by atoms with Crippen molar-refractivity contribution >= 4 is 6.09 Å². The van der Waals surface area contributed by atoms with Gasteiger partial charge in [0.2, 0.25) is 0 Å². The molecule has 3 saturated heterocycles. The van der Waals surface area contributed by atoms with Crippen LogP contribution in [0.5, 0.6) is 11.5 Å². The predicted octanol–water partition coefficient (Wildman–Crippen LogP) is 5.40. The van der Waals surface area contributed by atoms with Gasteiger partial charge in [0.05, 0.1) is 19.8 Å². The maximum Gasteiger partial charge on any atom is 0.407 e. The Kier molecular flexibility index (Phi) is 6.16. The number of piperidine rings is 3. The van der Waals surface area contributed by atoms with E-state index in [9.17, 15) is 4.79 Å². The first kappa shape index (κ1) is 23.9. The van der Waals surface area contributed by atoms with Crippen LogP contribution in [0, 0.1) is 31.0 Å². The largest absolute Gasteiger partial charge is 0.496 e. The summed E-state index contributed by atoms with van der Waals surface area (Å²) in [6.07, 6.45) is 1.62.